The number of thiol groups is 1. The smallest absolute Gasteiger partial charge is 0.326 e. The van der Waals surface area contributed by atoms with Crippen LogP contribution >= 0.6 is 24.4 Å². The number of hydrogen-bond donors (Lipinski definition) is 5. The van der Waals surface area contributed by atoms with Gasteiger partial charge in [-0.3, -0.25) is 14.4 Å². The van der Waals surface area contributed by atoms with Crippen molar-refractivity contribution in [2.45, 2.75) is 68.2 Å². The minimum Gasteiger partial charge on any atom is -0.480 e. The Morgan fingerprint density at radius 2 is 1.97 bits per heavy atom. The van der Waals surface area contributed by atoms with Gasteiger partial charge in [-0.15, -0.1) is 0 Å². The summed E-state index contributed by atoms with van der Waals surface area (Å²) in [5.74, 6) is -1.64. The number of carboxylic acids is 1. The number of fused-ring (bicyclic) bond motifs is 1. The molecule has 35 heavy (non-hydrogen) atoms. The summed E-state index contributed by atoms with van der Waals surface area (Å²) >= 11 is 5.61. The fourth-order valence-electron chi connectivity index (χ4n) is 4.94. The quantitative estimate of drug-likeness (QED) is 0.271. The topological polar surface area (TPSA) is 142 Å². The first-order valence-electron chi connectivity index (χ1n) is 11.8. The van der Waals surface area contributed by atoms with E-state index in [2.05, 4.69) is 23.3 Å². The summed E-state index contributed by atoms with van der Waals surface area (Å²) in [6, 6.07) is 6.59. The summed E-state index contributed by atoms with van der Waals surface area (Å²) < 4.78 is 0. The summed E-state index contributed by atoms with van der Waals surface area (Å²) in [7, 11) is 0. The first-order valence-corrected chi connectivity index (χ1v) is 13.8. The molecule has 1 aromatic rings. The number of thioether (sulfide) groups is 1. The number of benzene rings is 1. The molecular weight excluding hydrogens is 488 g/mol. The minimum atomic E-state index is -1.25. The van der Waals surface area contributed by atoms with Gasteiger partial charge in [0.05, 0.1) is 6.04 Å². The maximum absolute atomic E-state index is 14.0. The van der Waals surface area contributed by atoms with Crippen LogP contribution in [0.25, 0.3) is 0 Å². The van der Waals surface area contributed by atoms with Crippen LogP contribution in [0, 0.1) is 0 Å². The zero-order chi connectivity index (χ0) is 25.6. The van der Waals surface area contributed by atoms with Gasteiger partial charge in [-0.1, -0.05) is 30.3 Å². The second-order valence-electron chi connectivity index (χ2n) is 9.20. The van der Waals surface area contributed by atoms with Crippen LogP contribution in [0.5, 0.6) is 0 Å². The number of amides is 3. The van der Waals surface area contributed by atoms with E-state index in [0.29, 0.717) is 37.9 Å². The Balaban J connectivity index is 1.87. The number of hydrogen-bond acceptors (Lipinski definition) is 7. The molecule has 2 aliphatic rings. The third-order valence-electron chi connectivity index (χ3n) is 6.82. The number of carbonyl (C=O) groups excluding carboxylic acids is 3. The summed E-state index contributed by atoms with van der Waals surface area (Å²) in [6.07, 6.45) is 4.57. The summed E-state index contributed by atoms with van der Waals surface area (Å²) in [5, 5.41) is 15.1. The molecule has 0 aliphatic carbocycles. The lowest BCUT2D eigenvalue weighted by atomic mass is 9.79. The van der Waals surface area contributed by atoms with Crippen LogP contribution in [0.3, 0.4) is 0 Å². The Morgan fingerprint density at radius 3 is 2.60 bits per heavy atom. The van der Waals surface area contributed by atoms with Crippen LogP contribution in [0.4, 0.5) is 0 Å². The number of piperidine rings is 1. The lowest BCUT2D eigenvalue weighted by Crippen LogP contribution is -2.68. The molecule has 2 saturated heterocycles. The van der Waals surface area contributed by atoms with Crippen LogP contribution in [0.15, 0.2) is 30.3 Å². The van der Waals surface area contributed by atoms with Crippen molar-refractivity contribution in [2.75, 3.05) is 17.8 Å². The number of aliphatic carboxylic acids is 1. The molecule has 1 unspecified atom stereocenters. The van der Waals surface area contributed by atoms with E-state index in [1.165, 1.54) is 11.8 Å². The van der Waals surface area contributed by atoms with E-state index in [1.807, 2.05) is 36.6 Å². The molecule has 2 aliphatic heterocycles. The molecule has 0 radical (unpaired) electrons. The van der Waals surface area contributed by atoms with Crippen LogP contribution in [0.1, 0.15) is 37.7 Å². The first-order chi connectivity index (χ1) is 16.7. The summed E-state index contributed by atoms with van der Waals surface area (Å²) in [5.41, 5.74) is 5.53. The molecule has 3 amide bonds. The van der Waals surface area contributed by atoms with Gasteiger partial charge in [-0.25, -0.2) is 4.79 Å². The van der Waals surface area contributed by atoms with Gasteiger partial charge >= 0.3 is 5.97 Å². The molecule has 2 fully saturated rings. The SMILES string of the molecule is CSCCC(NC(=O)[C@@H]1CC[C@@H]2CC[C@](Cc3ccccc3)(NC(=O)[C@@H](N)CS)C(=O)N21)C(=O)O. The van der Waals surface area contributed by atoms with E-state index in [9.17, 15) is 24.3 Å². The first kappa shape index (κ1) is 27.3. The number of nitrogens with two attached hydrogens (primary N) is 1. The van der Waals surface area contributed by atoms with Gasteiger partial charge in [-0.05, 0) is 49.7 Å². The van der Waals surface area contributed by atoms with Crippen LogP contribution in [-0.2, 0) is 25.6 Å². The minimum absolute atomic E-state index is 0.130. The van der Waals surface area contributed by atoms with Gasteiger partial charge in [0.25, 0.3) is 0 Å². The van der Waals surface area contributed by atoms with Gasteiger partial charge < -0.3 is 26.4 Å². The molecular formula is C24H34N4O5S2. The van der Waals surface area contributed by atoms with E-state index in [-0.39, 0.29) is 24.1 Å². The fraction of sp³-hybridized carbons (Fsp3) is 0.583. The van der Waals surface area contributed by atoms with Crippen LogP contribution in [-0.4, -0.2) is 81.2 Å². The normalized spacial score (nSPS) is 25.5. The second-order valence-corrected chi connectivity index (χ2v) is 10.6. The lowest BCUT2D eigenvalue weighted by Gasteiger charge is -2.46. The van der Waals surface area contributed by atoms with E-state index >= 15 is 0 Å². The molecule has 9 nitrogen and oxygen atoms in total. The molecule has 5 N–H and O–H groups in total. The van der Waals surface area contributed by atoms with Gasteiger partial charge in [0.2, 0.25) is 17.7 Å². The molecule has 0 saturated carbocycles. The Morgan fingerprint density at radius 1 is 1.26 bits per heavy atom. The second kappa shape index (κ2) is 12.1. The van der Waals surface area contributed by atoms with Crippen molar-refractivity contribution in [3.8, 4) is 0 Å². The van der Waals surface area contributed by atoms with Crippen molar-refractivity contribution >= 4 is 48.1 Å². The van der Waals surface area contributed by atoms with E-state index in [4.69, 9.17) is 5.73 Å². The molecule has 1 aromatic carbocycles. The lowest BCUT2D eigenvalue weighted by molar-refractivity contribution is -0.152. The number of nitrogens with one attached hydrogen (secondary N) is 2. The van der Waals surface area contributed by atoms with E-state index < -0.39 is 41.4 Å². The molecule has 11 heteroatoms. The Labute approximate surface area is 215 Å². The molecule has 192 valence electrons. The van der Waals surface area contributed by atoms with Crippen molar-refractivity contribution in [2.24, 2.45) is 5.73 Å². The predicted octanol–water partition coefficient (Wildman–Crippen LogP) is 0.817. The maximum atomic E-state index is 14.0. The summed E-state index contributed by atoms with van der Waals surface area (Å²) in [6.45, 7) is 0. The average molecular weight is 523 g/mol. The zero-order valence-electron chi connectivity index (χ0n) is 19.8. The highest BCUT2D eigenvalue weighted by molar-refractivity contribution is 7.98. The van der Waals surface area contributed by atoms with Crippen molar-refractivity contribution in [1.82, 2.24) is 15.5 Å². The highest BCUT2D eigenvalue weighted by Crippen LogP contribution is 2.38. The summed E-state index contributed by atoms with van der Waals surface area (Å²) in [4.78, 5) is 53.2. The van der Waals surface area contributed by atoms with Gasteiger partial charge in [0, 0.05) is 18.2 Å². The van der Waals surface area contributed by atoms with Crippen LogP contribution < -0.4 is 16.4 Å². The molecule has 0 bridgehead atoms. The van der Waals surface area contributed by atoms with Gasteiger partial charge in [0.1, 0.15) is 17.6 Å². The van der Waals surface area contributed by atoms with Crippen molar-refractivity contribution in [3.63, 3.8) is 0 Å². The van der Waals surface area contributed by atoms with E-state index in [1.54, 1.807) is 4.90 Å². The predicted molar refractivity (Wildman–Crippen MR) is 138 cm³/mol. The number of carbonyl (C=O) groups is 4. The highest BCUT2D eigenvalue weighted by atomic mass is 32.2. The van der Waals surface area contributed by atoms with Gasteiger partial charge in [-0.2, -0.15) is 24.4 Å². The third-order valence-corrected chi connectivity index (χ3v) is 7.86. The third kappa shape index (κ3) is 6.31. The number of nitrogens with zero attached hydrogens (tertiary/aromatic N) is 1. The number of carboxylic acid groups (broad SMARTS) is 1. The van der Waals surface area contributed by atoms with Crippen molar-refractivity contribution in [1.29, 1.82) is 0 Å². The molecule has 5 atom stereocenters. The molecule has 2 heterocycles. The highest BCUT2D eigenvalue weighted by Gasteiger charge is 2.54. The van der Waals surface area contributed by atoms with Crippen molar-refractivity contribution < 1.29 is 24.3 Å². The Hall–Kier alpha value is -2.24. The van der Waals surface area contributed by atoms with Crippen LogP contribution in [0.2, 0.25) is 0 Å². The molecule has 3 rings (SSSR count). The average Bonchev–Trinajstić information content (AvgIpc) is 3.28. The zero-order valence-corrected chi connectivity index (χ0v) is 21.5. The molecule has 0 spiro atoms. The van der Waals surface area contributed by atoms with Gasteiger partial charge in [0.15, 0.2) is 0 Å². The number of rotatable bonds is 11. The molecule has 0 aromatic heterocycles. The monoisotopic (exact) mass is 522 g/mol. The Kier molecular flexibility index (Phi) is 9.48. The maximum Gasteiger partial charge on any atom is 0.326 e. The Bertz CT molecular complexity index is 934. The van der Waals surface area contributed by atoms with E-state index in [0.717, 1.165) is 5.56 Å². The fourth-order valence-corrected chi connectivity index (χ4v) is 5.58. The standard InChI is InChI=1S/C24H34N4O5S2/c1-35-12-10-18(22(31)32)26-21(30)19-8-7-16-9-11-24(23(33)28(16)19,27-20(29)17(25)14-34)13-15-5-3-2-4-6-15/h2-6,16-19,34H,7-14,25H2,1H3,(H,26,30)(H,27,29)(H,31,32)/t16-,17+,18?,19+,24-/m1/s1. The van der Waals surface area contributed by atoms with Crippen molar-refractivity contribution in [3.05, 3.63) is 35.9 Å². The largest absolute Gasteiger partial charge is 0.480 e.